The van der Waals surface area contributed by atoms with Crippen molar-refractivity contribution in [1.29, 1.82) is 0 Å². The molecule has 2 aromatic rings. The molecule has 2 N–H and O–H groups in total. The first-order chi connectivity index (χ1) is 13.6. The van der Waals surface area contributed by atoms with E-state index in [1.165, 1.54) is 16.7 Å². The molecule has 1 aromatic heterocycles. The molecule has 146 valence electrons. The highest BCUT2D eigenvalue weighted by atomic mass is 32.2. The average Bonchev–Trinajstić information content (AvgIpc) is 3.29. The zero-order valence-electron chi connectivity index (χ0n) is 15.0. The van der Waals surface area contributed by atoms with Crippen LogP contribution in [0.1, 0.15) is 16.9 Å². The highest BCUT2D eigenvalue weighted by Crippen LogP contribution is 2.33. The lowest BCUT2D eigenvalue weighted by atomic mass is 10.1. The average molecular weight is 433 g/mol. The molecule has 1 saturated heterocycles. The summed E-state index contributed by atoms with van der Waals surface area (Å²) in [5.41, 5.74) is 1.04. The summed E-state index contributed by atoms with van der Waals surface area (Å²) in [6.07, 6.45) is 2.50. The van der Waals surface area contributed by atoms with Gasteiger partial charge in [0.15, 0.2) is 0 Å². The van der Waals surface area contributed by atoms with Crippen LogP contribution in [0.2, 0.25) is 0 Å². The van der Waals surface area contributed by atoms with Crippen molar-refractivity contribution < 1.29 is 14.7 Å². The van der Waals surface area contributed by atoms with Gasteiger partial charge in [0.25, 0.3) is 5.91 Å². The SMILES string of the molecule is O=C(CCN1C(=O)C(=Cc2cccs2)SC1=S)N[C@@H](CO)Cc1ccccc1. The lowest BCUT2D eigenvalue weighted by Gasteiger charge is -2.18. The van der Waals surface area contributed by atoms with E-state index in [1.807, 2.05) is 53.9 Å². The van der Waals surface area contributed by atoms with Gasteiger partial charge in [-0.3, -0.25) is 14.5 Å². The third-order valence-corrected chi connectivity index (χ3v) is 6.36. The first kappa shape index (κ1) is 20.7. The minimum atomic E-state index is -0.361. The second-order valence-corrected chi connectivity index (χ2v) is 8.89. The Morgan fingerprint density at radius 2 is 2.04 bits per heavy atom. The quantitative estimate of drug-likeness (QED) is 0.496. The van der Waals surface area contributed by atoms with Gasteiger partial charge in [-0.2, -0.15) is 0 Å². The van der Waals surface area contributed by atoms with Crippen LogP contribution in [0.5, 0.6) is 0 Å². The Morgan fingerprint density at radius 3 is 2.71 bits per heavy atom. The second-order valence-electron chi connectivity index (χ2n) is 6.24. The van der Waals surface area contributed by atoms with Gasteiger partial charge in [0.2, 0.25) is 5.91 Å². The lowest BCUT2D eigenvalue weighted by molar-refractivity contribution is -0.124. The number of nitrogens with one attached hydrogen (secondary N) is 1. The molecule has 28 heavy (non-hydrogen) atoms. The van der Waals surface area contributed by atoms with Gasteiger partial charge in [-0.05, 0) is 29.5 Å². The van der Waals surface area contributed by atoms with Crippen molar-refractivity contribution in [2.45, 2.75) is 18.9 Å². The molecule has 0 aliphatic carbocycles. The summed E-state index contributed by atoms with van der Waals surface area (Å²) < 4.78 is 0.462. The zero-order valence-corrected chi connectivity index (χ0v) is 17.5. The third-order valence-electron chi connectivity index (χ3n) is 4.16. The van der Waals surface area contributed by atoms with E-state index in [1.54, 1.807) is 11.3 Å². The van der Waals surface area contributed by atoms with Crippen LogP contribution >= 0.6 is 35.3 Å². The van der Waals surface area contributed by atoms with Crippen molar-refractivity contribution in [2.75, 3.05) is 13.2 Å². The maximum atomic E-state index is 12.6. The number of nitrogens with zero attached hydrogens (tertiary/aromatic N) is 1. The molecule has 5 nitrogen and oxygen atoms in total. The van der Waals surface area contributed by atoms with E-state index in [2.05, 4.69) is 5.32 Å². The van der Waals surface area contributed by atoms with Crippen molar-refractivity contribution >= 4 is 57.5 Å². The van der Waals surface area contributed by atoms with Crippen LogP contribution < -0.4 is 5.32 Å². The summed E-state index contributed by atoms with van der Waals surface area (Å²) in [6.45, 7) is 0.0764. The maximum absolute atomic E-state index is 12.6. The molecule has 0 bridgehead atoms. The zero-order chi connectivity index (χ0) is 19.9. The van der Waals surface area contributed by atoms with Crippen molar-refractivity contribution in [3.05, 3.63) is 63.2 Å². The molecule has 0 saturated carbocycles. The summed E-state index contributed by atoms with van der Waals surface area (Å²) in [4.78, 5) is 27.9. The van der Waals surface area contributed by atoms with Gasteiger partial charge in [0.1, 0.15) is 4.32 Å². The molecule has 0 spiro atoms. The fourth-order valence-corrected chi connectivity index (χ4v) is 4.80. The fourth-order valence-electron chi connectivity index (χ4n) is 2.77. The number of hydrogen-bond acceptors (Lipinski definition) is 6. The number of aliphatic hydroxyl groups excluding tert-OH is 1. The predicted octanol–water partition coefficient (Wildman–Crippen LogP) is 3.06. The summed E-state index contributed by atoms with van der Waals surface area (Å²) >= 11 is 8.11. The number of hydrogen-bond donors (Lipinski definition) is 2. The molecule has 2 amide bonds. The van der Waals surface area contributed by atoms with E-state index in [0.717, 1.165) is 10.4 Å². The van der Waals surface area contributed by atoms with Crippen LogP contribution in [-0.2, 0) is 16.0 Å². The van der Waals surface area contributed by atoms with E-state index >= 15 is 0 Å². The summed E-state index contributed by atoms with van der Waals surface area (Å²) in [7, 11) is 0. The van der Waals surface area contributed by atoms with Gasteiger partial charge in [-0.25, -0.2) is 0 Å². The van der Waals surface area contributed by atoms with Crippen LogP contribution in [0.4, 0.5) is 0 Å². The molecule has 2 heterocycles. The number of thioether (sulfide) groups is 1. The van der Waals surface area contributed by atoms with Crippen LogP contribution in [0.3, 0.4) is 0 Å². The van der Waals surface area contributed by atoms with Crippen LogP contribution in [0.15, 0.2) is 52.7 Å². The topological polar surface area (TPSA) is 69.6 Å². The predicted molar refractivity (Wildman–Crippen MR) is 118 cm³/mol. The van der Waals surface area contributed by atoms with Gasteiger partial charge in [-0.1, -0.05) is 60.4 Å². The number of thiocarbonyl (C=S) groups is 1. The Bertz CT molecular complexity index is 866. The molecule has 0 radical (unpaired) electrons. The minimum absolute atomic E-state index is 0.129. The van der Waals surface area contributed by atoms with E-state index in [0.29, 0.717) is 15.6 Å². The van der Waals surface area contributed by atoms with E-state index in [-0.39, 0.29) is 37.4 Å². The lowest BCUT2D eigenvalue weighted by Crippen LogP contribution is -2.41. The maximum Gasteiger partial charge on any atom is 0.266 e. The molecule has 1 aliphatic heterocycles. The molecule has 1 aliphatic rings. The van der Waals surface area contributed by atoms with E-state index in [4.69, 9.17) is 12.2 Å². The van der Waals surface area contributed by atoms with Crippen molar-refractivity contribution in [1.82, 2.24) is 10.2 Å². The molecule has 8 heteroatoms. The minimum Gasteiger partial charge on any atom is -0.394 e. The summed E-state index contributed by atoms with van der Waals surface area (Å²) in [5.74, 6) is -0.384. The fraction of sp³-hybridized carbons (Fsp3) is 0.250. The monoisotopic (exact) mass is 432 g/mol. The second kappa shape index (κ2) is 9.97. The van der Waals surface area contributed by atoms with Gasteiger partial charge in [-0.15, -0.1) is 11.3 Å². The summed E-state index contributed by atoms with van der Waals surface area (Å²) in [5, 5.41) is 14.3. The Labute approximate surface area is 177 Å². The van der Waals surface area contributed by atoms with E-state index in [9.17, 15) is 14.7 Å². The van der Waals surface area contributed by atoms with Gasteiger partial charge in [0.05, 0.1) is 17.6 Å². The van der Waals surface area contributed by atoms with Crippen LogP contribution in [-0.4, -0.2) is 45.3 Å². The number of carbonyl (C=O) groups is 2. The number of benzene rings is 1. The largest absolute Gasteiger partial charge is 0.394 e. The number of rotatable bonds is 8. The Kier molecular flexibility index (Phi) is 7.38. The van der Waals surface area contributed by atoms with E-state index < -0.39 is 0 Å². The first-order valence-corrected chi connectivity index (χ1v) is 10.9. The number of thiophene rings is 1. The summed E-state index contributed by atoms with van der Waals surface area (Å²) in [6, 6.07) is 13.2. The molecular formula is C20H20N2O3S3. The third kappa shape index (κ3) is 5.51. The number of aliphatic hydroxyl groups is 1. The smallest absolute Gasteiger partial charge is 0.266 e. The van der Waals surface area contributed by atoms with Crippen LogP contribution in [0.25, 0.3) is 6.08 Å². The highest BCUT2D eigenvalue weighted by Gasteiger charge is 2.32. The number of carbonyl (C=O) groups excluding carboxylic acids is 2. The van der Waals surface area contributed by atoms with Crippen molar-refractivity contribution in [2.24, 2.45) is 0 Å². The first-order valence-electron chi connectivity index (χ1n) is 8.80. The van der Waals surface area contributed by atoms with Gasteiger partial charge < -0.3 is 10.4 Å². The van der Waals surface area contributed by atoms with Crippen LogP contribution in [0, 0.1) is 0 Å². The molecule has 0 unspecified atom stereocenters. The molecule has 1 aromatic carbocycles. The Balaban J connectivity index is 1.52. The van der Waals surface area contributed by atoms with Gasteiger partial charge >= 0.3 is 0 Å². The molecule has 1 fully saturated rings. The Morgan fingerprint density at radius 1 is 1.25 bits per heavy atom. The normalized spacial score (nSPS) is 16.6. The van der Waals surface area contributed by atoms with Gasteiger partial charge in [0, 0.05) is 17.8 Å². The van der Waals surface area contributed by atoms with Crippen molar-refractivity contribution in [3.63, 3.8) is 0 Å². The molecule has 1 atom stereocenters. The number of amides is 2. The molecule has 3 rings (SSSR count). The highest BCUT2D eigenvalue weighted by molar-refractivity contribution is 8.26. The molecular weight excluding hydrogens is 412 g/mol. The standard InChI is InChI=1S/C20H20N2O3S3/c23-13-15(11-14-5-2-1-3-6-14)21-18(24)8-9-22-19(25)17(28-20(22)26)12-16-7-4-10-27-16/h1-7,10,12,15,23H,8-9,11,13H2,(H,21,24)/t15-/m1/s1. The Hall–Kier alpha value is -2.00. The van der Waals surface area contributed by atoms with Crippen molar-refractivity contribution in [3.8, 4) is 0 Å².